The molecule has 37 heavy (non-hydrogen) atoms. The highest BCUT2D eigenvalue weighted by Crippen LogP contribution is 2.21. The molecule has 9 heteroatoms. The fraction of sp³-hybridized carbons (Fsp3) is 0. The van der Waals surface area contributed by atoms with Gasteiger partial charge >= 0.3 is 0 Å². The van der Waals surface area contributed by atoms with Crippen molar-refractivity contribution in [1.82, 2.24) is 10.9 Å². The Labute approximate surface area is 214 Å². The van der Waals surface area contributed by atoms with Gasteiger partial charge in [-0.2, -0.15) is 10.2 Å². The third kappa shape index (κ3) is 6.62. The molecule has 4 rings (SSSR count). The number of carbonyl (C=O) groups is 2. The minimum absolute atomic E-state index is 0.0153. The van der Waals surface area contributed by atoms with Gasteiger partial charge in [0.2, 0.25) is 9.84 Å². The molecule has 0 fully saturated rings. The van der Waals surface area contributed by atoms with E-state index in [1.54, 1.807) is 0 Å². The van der Waals surface area contributed by atoms with E-state index in [4.69, 9.17) is 0 Å². The highest BCUT2D eigenvalue weighted by molar-refractivity contribution is 7.91. The van der Waals surface area contributed by atoms with Crippen LogP contribution in [0.1, 0.15) is 31.8 Å². The van der Waals surface area contributed by atoms with E-state index in [0.717, 1.165) is 11.1 Å². The van der Waals surface area contributed by atoms with E-state index >= 15 is 0 Å². The molecule has 2 N–H and O–H groups in total. The standard InChI is InChI=1S/C28H22N4O4S/c33-27(31-29-19-21-7-3-1-4-8-21)23-11-15-25(16-12-23)37(35,36)26-17-13-24(14-18-26)28(34)32-30-20-22-9-5-2-6-10-22/h1-20H,(H,31,33)(H,32,34)/b29-19+,30-20+. The molecule has 8 nitrogen and oxygen atoms in total. The highest BCUT2D eigenvalue weighted by atomic mass is 32.2. The Hall–Kier alpha value is -4.89. The molecule has 0 bridgehead atoms. The second kappa shape index (κ2) is 11.7. The van der Waals surface area contributed by atoms with Gasteiger partial charge in [0.05, 0.1) is 22.2 Å². The van der Waals surface area contributed by atoms with Crippen LogP contribution in [0.5, 0.6) is 0 Å². The lowest BCUT2D eigenvalue weighted by molar-refractivity contribution is 0.0947. The molecule has 0 spiro atoms. The lowest BCUT2D eigenvalue weighted by Crippen LogP contribution is -2.18. The Balaban J connectivity index is 1.38. The second-order valence-electron chi connectivity index (χ2n) is 7.77. The second-order valence-corrected chi connectivity index (χ2v) is 9.72. The molecule has 2 amide bonds. The van der Waals surface area contributed by atoms with Crippen molar-refractivity contribution in [3.63, 3.8) is 0 Å². The topological polar surface area (TPSA) is 117 Å². The Kier molecular flexibility index (Phi) is 7.97. The zero-order valence-corrected chi connectivity index (χ0v) is 20.3. The van der Waals surface area contributed by atoms with Crippen molar-refractivity contribution in [1.29, 1.82) is 0 Å². The van der Waals surface area contributed by atoms with Crippen molar-refractivity contribution in [2.24, 2.45) is 10.2 Å². The molecular weight excluding hydrogens is 488 g/mol. The van der Waals surface area contributed by atoms with E-state index in [-0.39, 0.29) is 20.9 Å². The van der Waals surface area contributed by atoms with Crippen LogP contribution in [0.2, 0.25) is 0 Å². The van der Waals surface area contributed by atoms with Crippen LogP contribution in [0.25, 0.3) is 0 Å². The first-order valence-corrected chi connectivity index (χ1v) is 12.6. The summed E-state index contributed by atoms with van der Waals surface area (Å²) in [5, 5.41) is 7.82. The van der Waals surface area contributed by atoms with E-state index in [2.05, 4.69) is 21.1 Å². The number of amides is 2. The van der Waals surface area contributed by atoms with Gasteiger partial charge in [-0.15, -0.1) is 0 Å². The summed E-state index contributed by atoms with van der Waals surface area (Å²) in [6.07, 6.45) is 3.02. The maximum Gasteiger partial charge on any atom is 0.271 e. The zero-order chi connectivity index (χ0) is 26.1. The fourth-order valence-electron chi connectivity index (χ4n) is 3.25. The van der Waals surface area contributed by atoms with Gasteiger partial charge < -0.3 is 0 Å². The first kappa shape index (κ1) is 25.2. The predicted octanol–water partition coefficient (Wildman–Crippen LogP) is 4.05. The van der Waals surface area contributed by atoms with Gasteiger partial charge in [0.25, 0.3) is 11.8 Å². The molecule has 0 saturated carbocycles. The maximum absolute atomic E-state index is 13.0. The lowest BCUT2D eigenvalue weighted by Gasteiger charge is -2.07. The molecule has 0 unspecified atom stereocenters. The molecule has 0 aliphatic heterocycles. The van der Waals surface area contributed by atoms with Gasteiger partial charge in [-0.3, -0.25) is 9.59 Å². The number of rotatable bonds is 8. The van der Waals surface area contributed by atoms with E-state index in [1.807, 2.05) is 60.7 Å². The van der Waals surface area contributed by atoms with Gasteiger partial charge in [0.1, 0.15) is 0 Å². The van der Waals surface area contributed by atoms with E-state index in [1.165, 1.54) is 61.0 Å². The first-order chi connectivity index (χ1) is 17.9. The van der Waals surface area contributed by atoms with E-state index in [0.29, 0.717) is 0 Å². The molecule has 0 saturated heterocycles. The van der Waals surface area contributed by atoms with Gasteiger partial charge in [-0.25, -0.2) is 19.3 Å². The van der Waals surface area contributed by atoms with Crippen molar-refractivity contribution in [2.75, 3.05) is 0 Å². The molecule has 0 heterocycles. The van der Waals surface area contributed by atoms with Crippen molar-refractivity contribution >= 4 is 34.1 Å². The molecular formula is C28H22N4O4S. The molecule has 0 atom stereocenters. The van der Waals surface area contributed by atoms with Crippen LogP contribution < -0.4 is 10.9 Å². The monoisotopic (exact) mass is 510 g/mol. The summed E-state index contributed by atoms with van der Waals surface area (Å²) in [5.74, 6) is -0.942. The van der Waals surface area contributed by atoms with Crippen molar-refractivity contribution < 1.29 is 18.0 Å². The summed E-state index contributed by atoms with van der Waals surface area (Å²) in [7, 11) is -3.85. The number of sulfone groups is 1. The average molecular weight is 511 g/mol. The minimum Gasteiger partial charge on any atom is -0.267 e. The normalized spacial score (nSPS) is 11.5. The summed E-state index contributed by atoms with van der Waals surface area (Å²) in [5.41, 5.74) is 6.99. The predicted molar refractivity (Wildman–Crippen MR) is 141 cm³/mol. The van der Waals surface area contributed by atoms with Gasteiger partial charge in [0, 0.05) is 11.1 Å². The number of nitrogens with one attached hydrogen (secondary N) is 2. The molecule has 0 aliphatic rings. The summed E-state index contributed by atoms with van der Waals surface area (Å²) in [4.78, 5) is 24.6. The average Bonchev–Trinajstić information content (AvgIpc) is 2.94. The third-order valence-electron chi connectivity index (χ3n) is 5.21. The molecule has 0 radical (unpaired) electrons. The number of hydrogen-bond donors (Lipinski definition) is 2. The number of hydrazone groups is 2. The van der Waals surface area contributed by atoms with Crippen LogP contribution >= 0.6 is 0 Å². The number of hydrogen-bond acceptors (Lipinski definition) is 6. The van der Waals surface area contributed by atoms with Gasteiger partial charge in [0.15, 0.2) is 0 Å². The van der Waals surface area contributed by atoms with Crippen LogP contribution in [-0.4, -0.2) is 32.7 Å². The Bertz CT molecular complexity index is 1420. The largest absolute Gasteiger partial charge is 0.271 e. The quantitative estimate of drug-likeness (QED) is 0.275. The first-order valence-electron chi connectivity index (χ1n) is 11.2. The SMILES string of the molecule is O=C(N/N=C/c1ccccc1)c1ccc(S(=O)(=O)c2ccc(C(=O)N/N=C/c3ccccc3)cc2)cc1. The summed E-state index contributed by atoms with van der Waals surface area (Å²) >= 11 is 0. The van der Waals surface area contributed by atoms with Crippen LogP contribution in [0.3, 0.4) is 0 Å². The van der Waals surface area contributed by atoms with Crippen molar-refractivity contribution in [2.45, 2.75) is 9.79 Å². The lowest BCUT2D eigenvalue weighted by atomic mass is 10.2. The van der Waals surface area contributed by atoms with Crippen LogP contribution in [0.4, 0.5) is 0 Å². The van der Waals surface area contributed by atoms with Crippen molar-refractivity contribution in [3.05, 3.63) is 131 Å². The molecule has 0 aliphatic carbocycles. The summed E-state index contributed by atoms with van der Waals surface area (Å²) in [6.45, 7) is 0. The molecule has 4 aromatic carbocycles. The Morgan fingerprint density at radius 3 is 1.24 bits per heavy atom. The van der Waals surface area contributed by atoms with E-state index in [9.17, 15) is 18.0 Å². The van der Waals surface area contributed by atoms with Gasteiger partial charge in [-0.05, 0) is 59.7 Å². The van der Waals surface area contributed by atoms with Crippen LogP contribution in [0.15, 0.2) is 129 Å². The summed E-state index contributed by atoms with van der Waals surface area (Å²) < 4.78 is 26.0. The Morgan fingerprint density at radius 1 is 0.541 bits per heavy atom. The Morgan fingerprint density at radius 2 is 0.892 bits per heavy atom. The number of carbonyl (C=O) groups excluding carboxylic acids is 2. The minimum atomic E-state index is -3.85. The number of nitrogens with zero attached hydrogens (tertiary/aromatic N) is 2. The third-order valence-corrected chi connectivity index (χ3v) is 7.00. The van der Waals surface area contributed by atoms with Gasteiger partial charge in [-0.1, -0.05) is 60.7 Å². The fourth-order valence-corrected chi connectivity index (χ4v) is 4.51. The smallest absolute Gasteiger partial charge is 0.267 e. The van der Waals surface area contributed by atoms with E-state index < -0.39 is 21.7 Å². The van der Waals surface area contributed by atoms with Crippen LogP contribution in [0, 0.1) is 0 Å². The maximum atomic E-state index is 13.0. The number of benzene rings is 4. The van der Waals surface area contributed by atoms with Crippen LogP contribution in [-0.2, 0) is 9.84 Å². The molecule has 0 aromatic heterocycles. The molecule has 184 valence electrons. The highest BCUT2D eigenvalue weighted by Gasteiger charge is 2.19. The summed E-state index contributed by atoms with van der Waals surface area (Å²) in [6, 6.07) is 29.6. The van der Waals surface area contributed by atoms with Crippen molar-refractivity contribution in [3.8, 4) is 0 Å². The molecule has 4 aromatic rings. The zero-order valence-electron chi connectivity index (χ0n) is 19.5.